The van der Waals surface area contributed by atoms with E-state index in [2.05, 4.69) is 15.4 Å². The summed E-state index contributed by atoms with van der Waals surface area (Å²) in [7, 11) is 1.36. The first-order valence-electron chi connectivity index (χ1n) is 6.07. The maximum Gasteiger partial charge on any atom is 0.313 e. The van der Waals surface area contributed by atoms with Crippen molar-refractivity contribution >= 4 is 24.3 Å². The van der Waals surface area contributed by atoms with Gasteiger partial charge in [0.05, 0.1) is 18.6 Å². The summed E-state index contributed by atoms with van der Waals surface area (Å²) in [5.41, 5.74) is -0.681. The van der Waals surface area contributed by atoms with Gasteiger partial charge >= 0.3 is 5.97 Å². The molecule has 0 bridgehead atoms. The van der Waals surface area contributed by atoms with Crippen molar-refractivity contribution in [3.63, 3.8) is 0 Å². The summed E-state index contributed by atoms with van der Waals surface area (Å²) in [6.45, 7) is 4.70. The average Bonchev–Trinajstić information content (AvgIpc) is 2.36. The third-order valence-corrected chi connectivity index (χ3v) is 3.07. The van der Waals surface area contributed by atoms with E-state index in [1.807, 2.05) is 0 Å². The van der Waals surface area contributed by atoms with Crippen LogP contribution in [-0.4, -0.2) is 38.1 Å². The Morgan fingerprint density at radius 2 is 2.06 bits per heavy atom. The molecule has 0 spiro atoms. The Labute approximate surface area is 114 Å². The van der Waals surface area contributed by atoms with Crippen molar-refractivity contribution < 1.29 is 14.3 Å². The number of amides is 1. The Morgan fingerprint density at radius 3 is 2.56 bits per heavy atom. The molecule has 5 nitrogen and oxygen atoms in total. The lowest BCUT2D eigenvalue weighted by Gasteiger charge is -2.26. The first-order valence-corrected chi connectivity index (χ1v) is 6.07. The van der Waals surface area contributed by atoms with Gasteiger partial charge in [-0.3, -0.25) is 9.59 Å². The molecule has 0 unspecified atom stereocenters. The fraction of sp³-hybridized carbons (Fsp3) is 0.833. The minimum atomic E-state index is -0.681. The van der Waals surface area contributed by atoms with Gasteiger partial charge in [-0.2, -0.15) is 0 Å². The highest BCUT2D eigenvalue weighted by Crippen LogP contribution is 2.15. The first kappa shape index (κ1) is 17.2. The van der Waals surface area contributed by atoms with Crippen molar-refractivity contribution in [2.75, 3.05) is 20.2 Å². The zero-order chi connectivity index (χ0) is 12.9. The Balaban J connectivity index is 0.00000289. The molecule has 106 valence electrons. The SMILES string of the molecule is COC(=O)C(C)(C)CNC(=O)[C@H]1CCCCN1.Cl. The summed E-state index contributed by atoms with van der Waals surface area (Å²) in [6.07, 6.45) is 3.06. The maximum atomic E-state index is 11.8. The Bertz CT molecular complexity index is 289. The maximum absolute atomic E-state index is 11.8. The van der Waals surface area contributed by atoms with Gasteiger partial charge in [-0.25, -0.2) is 0 Å². The van der Waals surface area contributed by atoms with Crippen molar-refractivity contribution in [2.24, 2.45) is 5.41 Å². The van der Waals surface area contributed by atoms with Gasteiger partial charge in [0.1, 0.15) is 0 Å². The number of carbonyl (C=O) groups excluding carboxylic acids is 2. The number of halogens is 1. The van der Waals surface area contributed by atoms with E-state index >= 15 is 0 Å². The number of hydrogen-bond donors (Lipinski definition) is 2. The molecule has 6 heteroatoms. The van der Waals surface area contributed by atoms with Crippen LogP contribution < -0.4 is 10.6 Å². The Kier molecular flexibility index (Phi) is 7.25. The average molecular weight is 279 g/mol. The molecule has 0 aromatic heterocycles. The zero-order valence-electron chi connectivity index (χ0n) is 11.2. The van der Waals surface area contributed by atoms with Gasteiger partial charge in [-0.15, -0.1) is 12.4 Å². The summed E-state index contributed by atoms with van der Waals surface area (Å²) in [5.74, 6) is -0.337. The number of hydrogen-bond acceptors (Lipinski definition) is 4. The number of piperidine rings is 1. The van der Waals surface area contributed by atoms with E-state index < -0.39 is 5.41 Å². The molecule has 1 atom stereocenters. The molecule has 1 amide bonds. The molecule has 1 saturated heterocycles. The molecule has 1 rings (SSSR count). The molecule has 1 aliphatic rings. The normalized spacial score (nSPS) is 19.6. The molecular formula is C12H23ClN2O3. The highest BCUT2D eigenvalue weighted by molar-refractivity contribution is 5.85. The summed E-state index contributed by atoms with van der Waals surface area (Å²) < 4.78 is 4.69. The van der Waals surface area contributed by atoms with Crippen LogP contribution in [-0.2, 0) is 14.3 Å². The van der Waals surface area contributed by atoms with E-state index in [4.69, 9.17) is 0 Å². The smallest absolute Gasteiger partial charge is 0.313 e. The van der Waals surface area contributed by atoms with Crippen LogP contribution in [0.5, 0.6) is 0 Å². The van der Waals surface area contributed by atoms with Gasteiger partial charge in [0, 0.05) is 6.54 Å². The van der Waals surface area contributed by atoms with Crippen LogP contribution in [0.1, 0.15) is 33.1 Å². The number of esters is 1. The van der Waals surface area contributed by atoms with E-state index in [1.165, 1.54) is 7.11 Å². The second kappa shape index (κ2) is 7.59. The van der Waals surface area contributed by atoms with Crippen molar-refractivity contribution in [3.05, 3.63) is 0 Å². The summed E-state index contributed by atoms with van der Waals surface area (Å²) >= 11 is 0. The fourth-order valence-electron chi connectivity index (χ4n) is 1.86. The third-order valence-electron chi connectivity index (χ3n) is 3.07. The lowest BCUT2D eigenvalue weighted by atomic mass is 9.93. The van der Waals surface area contributed by atoms with Crippen LogP contribution in [0.2, 0.25) is 0 Å². The van der Waals surface area contributed by atoms with E-state index in [0.717, 1.165) is 25.8 Å². The van der Waals surface area contributed by atoms with E-state index in [1.54, 1.807) is 13.8 Å². The molecule has 1 fully saturated rings. The number of carbonyl (C=O) groups is 2. The first-order chi connectivity index (χ1) is 7.97. The zero-order valence-corrected chi connectivity index (χ0v) is 12.1. The Hall–Kier alpha value is -0.810. The van der Waals surface area contributed by atoms with Crippen molar-refractivity contribution in [1.82, 2.24) is 10.6 Å². The summed E-state index contributed by atoms with van der Waals surface area (Å²) in [6, 6.07) is -0.114. The predicted octanol–water partition coefficient (Wildman–Crippen LogP) is 0.866. The minimum Gasteiger partial charge on any atom is -0.469 e. The monoisotopic (exact) mass is 278 g/mol. The second-order valence-corrected chi connectivity index (χ2v) is 5.10. The highest BCUT2D eigenvalue weighted by Gasteiger charge is 2.30. The van der Waals surface area contributed by atoms with Crippen molar-refractivity contribution in [3.8, 4) is 0 Å². The lowest BCUT2D eigenvalue weighted by Crippen LogP contribution is -2.49. The quantitative estimate of drug-likeness (QED) is 0.749. The van der Waals surface area contributed by atoms with E-state index in [0.29, 0.717) is 6.54 Å². The van der Waals surface area contributed by atoms with Gasteiger partial charge in [-0.1, -0.05) is 6.42 Å². The fourth-order valence-corrected chi connectivity index (χ4v) is 1.86. The molecule has 0 aromatic carbocycles. The van der Waals surface area contributed by atoms with Gasteiger partial charge < -0.3 is 15.4 Å². The second-order valence-electron chi connectivity index (χ2n) is 5.10. The van der Waals surface area contributed by atoms with Crippen LogP contribution in [0, 0.1) is 5.41 Å². The molecule has 0 aromatic rings. The van der Waals surface area contributed by atoms with Gasteiger partial charge in [-0.05, 0) is 33.2 Å². The van der Waals surface area contributed by atoms with Crippen LogP contribution in [0.15, 0.2) is 0 Å². The van der Waals surface area contributed by atoms with Crippen LogP contribution in [0.4, 0.5) is 0 Å². The number of rotatable bonds is 4. The van der Waals surface area contributed by atoms with Gasteiger partial charge in [0.25, 0.3) is 0 Å². The van der Waals surface area contributed by atoms with E-state index in [9.17, 15) is 9.59 Å². The van der Waals surface area contributed by atoms with E-state index in [-0.39, 0.29) is 30.3 Å². The van der Waals surface area contributed by atoms with Crippen molar-refractivity contribution in [1.29, 1.82) is 0 Å². The molecule has 0 saturated carbocycles. The number of nitrogens with one attached hydrogen (secondary N) is 2. The Morgan fingerprint density at radius 1 is 1.39 bits per heavy atom. The minimum absolute atomic E-state index is 0. The predicted molar refractivity (Wildman–Crippen MR) is 71.7 cm³/mol. The van der Waals surface area contributed by atoms with Crippen molar-refractivity contribution in [2.45, 2.75) is 39.2 Å². The van der Waals surface area contributed by atoms with Gasteiger partial charge in [0.15, 0.2) is 0 Å². The molecule has 2 N–H and O–H groups in total. The molecule has 0 aliphatic carbocycles. The lowest BCUT2D eigenvalue weighted by molar-refractivity contribution is -0.150. The molecular weight excluding hydrogens is 256 g/mol. The summed E-state index contributed by atoms with van der Waals surface area (Å²) in [5, 5.41) is 5.98. The van der Waals surface area contributed by atoms with Crippen LogP contribution in [0.3, 0.4) is 0 Å². The summed E-state index contributed by atoms with van der Waals surface area (Å²) in [4.78, 5) is 23.3. The number of methoxy groups -OCH3 is 1. The largest absolute Gasteiger partial charge is 0.469 e. The third kappa shape index (κ3) is 4.82. The molecule has 18 heavy (non-hydrogen) atoms. The highest BCUT2D eigenvalue weighted by atomic mass is 35.5. The molecule has 1 heterocycles. The standard InChI is InChI=1S/C12H22N2O3.ClH/c1-12(2,11(16)17-3)8-14-10(15)9-6-4-5-7-13-9;/h9,13H,4-8H2,1-3H3,(H,14,15);1H/t9-;/m1./s1. The number of ether oxygens (including phenoxy) is 1. The molecule has 0 radical (unpaired) electrons. The van der Waals surface area contributed by atoms with Crippen LogP contribution in [0.25, 0.3) is 0 Å². The molecule has 1 aliphatic heterocycles. The van der Waals surface area contributed by atoms with Gasteiger partial charge in [0.2, 0.25) is 5.91 Å². The topological polar surface area (TPSA) is 67.4 Å². The van der Waals surface area contributed by atoms with Crippen LogP contribution >= 0.6 is 12.4 Å².